The van der Waals surface area contributed by atoms with Crippen LogP contribution in [0.25, 0.3) is 6.08 Å². The van der Waals surface area contributed by atoms with Gasteiger partial charge in [0.25, 0.3) is 0 Å². The predicted molar refractivity (Wildman–Crippen MR) is 113 cm³/mol. The molecule has 1 heterocycles. The maximum Gasteiger partial charge on any atom is 0.233 e. The molecule has 0 radical (unpaired) electrons. The number of piperazine rings is 1. The molecule has 3 rings (SSSR count). The number of anilines is 1. The maximum atomic E-state index is 12.4. The second kappa shape index (κ2) is 9.85. The van der Waals surface area contributed by atoms with Crippen molar-refractivity contribution in [2.24, 2.45) is 0 Å². The molecular formula is C23H27N3O2. The Morgan fingerprint density at radius 1 is 1.00 bits per heavy atom. The van der Waals surface area contributed by atoms with E-state index >= 15 is 0 Å². The molecule has 0 spiro atoms. The van der Waals surface area contributed by atoms with Gasteiger partial charge in [-0.2, -0.15) is 0 Å². The van der Waals surface area contributed by atoms with Crippen molar-refractivity contribution < 1.29 is 9.59 Å². The summed E-state index contributed by atoms with van der Waals surface area (Å²) >= 11 is 0. The molecule has 0 aromatic heterocycles. The fraction of sp³-hybridized carbons (Fsp3) is 0.304. The predicted octanol–water partition coefficient (Wildman–Crippen LogP) is 3.18. The van der Waals surface area contributed by atoms with E-state index in [1.54, 1.807) is 4.90 Å². The summed E-state index contributed by atoms with van der Waals surface area (Å²) in [6, 6.07) is 17.8. The van der Waals surface area contributed by atoms with Gasteiger partial charge < -0.3 is 10.2 Å². The molecule has 2 amide bonds. The normalized spacial score (nSPS) is 15.0. The molecule has 1 aliphatic heterocycles. The second-order valence-electron chi connectivity index (χ2n) is 7.09. The lowest BCUT2D eigenvalue weighted by molar-refractivity contribution is -0.136. The van der Waals surface area contributed by atoms with Gasteiger partial charge in [-0.25, -0.2) is 0 Å². The first-order valence-electron chi connectivity index (χ1n) is 9.68. The van der Waals surface area contributed by atoms with E-state index < -0.39 is 0 Å². The highest BCUT2D eigenvalue weighted by atomic mass is 16.2. The molecule has 1 aliphatic rings. The van der Waals surface area contributed by atoms with Gasteiger partial charge in [-0.05, 0) is 30.2 Å². The highest BCUT2D eigenvalue weighted by molar-refractivity contribution is 6.03. The van der Waals surface area contributed by atoms with E-state index in [4.69, 9.17) is 0 Å². The number of carbonyl (C=O) groups is 2. The van der Waals surface area contributed by atoms with E-state index in [0.29, 0.717) is 13.1 Å². The Morgan fingerprint density at radius 3 is 2.46 bits per heavy atom. The van der Waals surface area contributed by atoms with Gasteiger partial charge in [-0.3, -0.25) is 14.5 Å². The minimum Gasteiger partial charge on any atom is -0.340 e. The Balaban J connectivity index is 1.39. The number of benzene rings is 2. The summed E-state index contributed by atoms with van der Waals surface area (Å²) in [5.41, 5.74) is 2.99. The van der Waals surface area contributed by atoms with Crippen LogP contribution in [0.3, 0.4) is 0 Å². The Hall–Kier alpha value is -2.92. The molecule has 0 atom stereocenters. The SMILES string of the molecule is Cc1cccc(NC(=O)CC(=O)N2CCN(C/C=C/c3ccccc3)CC2)c1. The van der Waals surface area contributed by atoms with Crippen molar-refractivity contribution in [2.45, 2.75) is 13.3 Å². The first kappa shape index (κ1) is 19.8. The van der Waals surface area contributed by atoms with Crippen LogP contribution in [0.15, 0.2) is 60.7 Å². The minimum atomic E-state index is -0.260. The number of amides is 2. The summed E-state index contributed by atoms with van der Waals surface area (Å²) in [5.74, 6) is -0.367. The molecule has 28 heavy (non-hydrogen) atoms. The van der Waals surface area contributed by atoms with Crippen LogP contribution in [-0.2, 0) is 9.59 Å². The number of aryl methyl sites for hydroxylation is 1. The Labute approximate surface area is 166 Å². The van der Waals surface area contributed by atoms with Crippen LogP contribution in [0.2, 0.25) is 0 Å². The van der Waals surface area contributed by atoms with Crippen LogP contribution >= 0.6 is 0 Å². The van der Waals surface area contributed by atoms with Gasteiger partial charge in [0.05, 0.1) is 0 Å². The van der Waals surface area contributed by atoms with E-state index in [1.807, 2.05) is 49.4 Å². The van der Waals surface area contributed by atoms with Crippen molar-refractivity contribution in [3.05, 3.63) is 71.8 Å². The Bertz CT molecular complexity index is 825. The molecule has 146 valence electrons. The Kier molecular flexibility index (Phi) is 6.98. The van der Waals surface area contributed by atoms with Crippen LogP contribution in [0.4, 0.5) is 5.69 Å². The third-order valence-electron chi connectivity index (χ3n) is 4.81. The first-order valence-corrected chi connectivity index (χ1v) is 9.68. The van der Waals surface area contributed by atoms with Crippen molar-refractivity contribution in [3.8, 4) is 0 Å². The highest BCUT2D eigenvalue weighted by Crippen LogP contribution is 2.11. The van der Waals surface area contributed by atoms with E-state index in [-0.39, 0.29) is 18.2 Å². The van der Waals surface area contributed by atoms with Crippen molar-refractivity contribution in [2.75, 3.05) is 38.0 Å². The summed E-state index contributed by atoms with van der Waals surface area (Å²) < 4.78 is 0. The smallest absolute Gasteiger partial charge is 0.233 e. The van der Waals surface area contributed by atoms with Gasteiger partial charge in [-0.15, -0.1) is 0 Å². The molecular weight excluding hydrogens is 350 g/mol. The van der Waals surface area contributed by atoms with Gasteiger partial charge in [0.2, 0.25) is 11.8 Å². The average molecular weight is 377 g/mol. The van der Waals surface area contributed by atoms with Crippen molar-refractivity contribution in [3.63, 3.8) is 0 Å². The van der Waals surface area contributed by atoms with Crippen LogP contribution < -0.4 is 5.32 Å². The Morgan fingerprint density at radius 2 is 1.75 bits per heavy atom. The van der Waals surface area contributed by atoms with Gasteiger partial charge in [0, 0.05) is 38.4 Å². The molecule has 0 saturated carbocycles. The fourth-order valence-electron chi connectivity index (χ4n) is 3.26. The summed E-state index contributed by atoms with van der Waals surface area (Å²) in [5, 5.41) is 2.80. The van der Waals surface area contributed by atoms with Gasteiger partial charge in [-0.1, -0.05) is 54.6 Å². The maximum absolute atomic E-state index is 12.4. The van der Waals surface area contributed by atoms with Crippen molar-refractivity contribution in [1.82, 2.24) is 9.80 Å². The van der Waals surface area contributed by atoms with Gasteiger partial charge in [0.15, 0.2) is 0 Å². The third-order valence-corrected chi connectivity index (χ3v) is 4.81. The number of hydrogen-bond acceptors (Lipinski definition) is 3. The van der Waals surface area contributed by atoms with Gasteiger partial charge in [0.1, 0.15) is 6.42 Å². The molecule has 0 aliphatic carbocycles. The molecule has 2 aromatic rings. The lowest BCUT2D eigenvalue weighted by atomic mass is 10.2. The van der Waals surface area contributed by atoms with Crippen molar-refractivity contribution in [1.29, 1.82) is 0 Å². The van der Waals surface area contributed by atoms with Gasteiger partial charge >= 0.3 is 0 Å². The standard InChI is InChI=1S/C23H27N3O2/c1-19-7-5-11-21(17-19)24-22(27)18-23(28)26-15-13-25(14-16-26)12-6-10-20-8-3-2-4-9-20/h2-11,17H,12-16,18H2,1H3,(H,24,27)/b10-6+. The topological polar surface area (TPSA) is 52.7 Å². The summed E-state index contributed by atoms with van der Waals surface area (Å²) in [7, 11) is 0. The van der Waals surface area contributed by atoms with E-state index in [2.05, 4.69) is 34.5 Å². The molecule has 1 fully saturated rings. The third kappa shape index (κ3) is 6.06. The number of nitrogens with one attached hydrogen (secondary N) is 1. The lowest BCUT2D eigenvalue weighted by Crippen LogP contribution is -2.49. The van der Waals surface area contributed by atoms with Crippen LogP contribution in [-0.4, -0.2) is 54.3 Å². The van der Waals surface area contributed by atoms with E-state index in [1.165, 1.54) is 5.56 Å². The second-order valence-corrected chi connectivity index (χ2v) is 7.09. The molecule has 5 nitrogen and oxygen atoms in total. The zero-order valence-electron chi connectivity index (χ0n) is 16.3. The average Bonchev–Trinajstić information content (AvgIpc) is 2.69. The summed E-state index contributed by atoms with van der Waals surface area (Å²) in [6.45, 7) is 5.81. The number of nitrogens with zero attached hydrogens (tertiary/aromatic N) is 2. The largest absolute Gasteiger partial charge is 0.340 e. The molecule has 1 saturated heterocycles. The minimum absolute atomic E-state index is 0.107. The molecule has 5 heteroatoms. The number of rotatable bonds is 6. The highest BCUT2D eigenvalue weighted by Gasteiger charge is 2.22. The van der Waals surface area contributed by atoms with Crippen LogP contribution in [0, 0.1) is 6.92 Å². The quantitative estimate of drug-likeness (QED) is 0.787. The van der Waals surface area contributed by atoms with E-state index in [9.17, 15) is 9.59 Å². The van der Waals surface area contributed by atoms with E-state index in [0.717, 1.165) is 30.9 Å². The first-order chi connectivity index (χ1) is 13.6. The summed E-state index contributed by atoms with van der Waals surface area (Å²) in [4.78, 5) is 28.6. The molecule has 1 N–H and O–H groups in total. The molecule has 2 aromatic carbocycles. The molecule has 0 unspecified atom stereocenters. The zero-order valence-corrected chi connectivity index (χ0v) is 16.3. The monoisotopic (exact) mass is 377 g/mol. The summed E-state index contributed by atoms with van der Waals surface area (Å²) in [6.07, 6.45) is 4.16. The molecule has 0 bridgehead atoms. The number of carbonyl (C=O) groups excluding carboxylic acids is 2. The van der Waals surface area contributed by atoms with Crippen molar-refractivity contribution >= 4 is 23.6 Å². The fourth-order valence-corrected chi connectivity index (χ4v) is 3.26. The zero-order chi connectivity index (χ0) is 19.8. The lowest BCUT2D eigenvalue weighted by Gasteiger charge is -2.34. The van der Waals surface area contributed by atoms with Crippen LogP contribution in [0.5, 0.6) is 0 Å². The number of hydrogen-bond donors (Lipinski definition) is 1. The van der Waals surface area contributed by atoms with Crippen LogP contribution in [0.1, 0.15) is 17.5 Å².